The SMILES string of the molecule is CC(C)C(=O)CCCCn1cc(CCCC(=O)Nc2nnc(S(N)(=O)=O)s2)nn1. The molecule has 1 amide bonds. The van der Waals surface area contributed by atoms with Crippen LogP contribution < -0.4 is 10.5 Å². The van der Waals surface area contributed by atoms with E-state index in [4.69, 9.17) is 5.14 Å². The van der Waals surface area contributed by atoms with Crippen molar-refractivity contribution < 1.29 is 18.0 Å². The Balaban J connectivity index is 1.67. The summed E-state index contributed by atoms with van der Waals surface area (Å²) in [6.07, 6.45) is 5.45. The smallest absolute Gasteiger partial charge is 0.267 e. The lowest BCUT2D eigenvalue weighted by Gasteiger charge is -2.03. The van der Waals surface area contributed by atoms with Crippen LogP contribution in [0, 0.1) is 5.92 Å². The minimum Gasteiger partial charge on any atom is -0.301 e. The van der Waals surface area contributed by atoms with Gasteiger partial charge in [-0.3, -0.25) is 14.3 Å². The van der Waals surface area contributed by atoms with E-state index in [1.165, 1.54) is 0 Å². The molecule has 0 saturated carbocycles. The van der Waals surface area contributed by atoms with E-state index in [-0.39, 0.29) is 33.5 Å². The zero-order valence-corrected chi connectivity index (χ0v) is 18.0. The number of sulfonamides is 1. The second-order valence-corrected chi connectivity index (χ2v) is 9.58. The van der Waals surface area contributed by atoms with Crippen LogP contribution in [0.2, 0.25) is 0 Å². The fraction of sp³-hybridized carbons (Fsp3) is 0.625. The van der Waals surface area contributed by atoms with E-state index in [2.05, 4.69) is 25.8 Å². The lowest BCUT2D eigenvalue weighted by atomic mass is 10.0. The van der Waals surface area contributed by atoms with Crippen molar-refractivity contribution in [2.24, 2.45) is 11.1 Å². The summed E-state index contributed by atoms with van der Waals surface area (Å²) in [6, 6.07) is 0. The van der Waals surface area contributed by atoms with E-state index in [0.29, 0.717) is 37.1 Å². The molecule has 0 saturated heterocycles. The molecule has 0 atom stereocenters. The molecule has 0 aromatic carbocycles. The second-order valence-electron chi connectivity index (χ2n) is 6.87. The number of anilines is 1. The lowest BCUT2D eigenvalue weighted by molar-refractivity contribution is -0.122. The first-order valence-electron chi connectivity index (χ1n) is 9.23. The summed E-state index contributed by atoms with van der Waals surface area (Å²) in [7, 11) is -3.93. The number of carbonyl (C=O) groups excluding carboxylic acids is 2. The molecule has 0 aliphatic rings. The molecular formula is C16H25N7O4S2. The van der Waals surface area contributed by atoms with Crippen molar-refractivity contribution in [2.75, 3.05) is 5.32 Å². The highest BCUT2D eigenvalue weighted by Crippen LogP contribution is 2.18. The summed E-state index contributed by atoms with van der Waals surface area (Å²) in [5.41, 5.74) is 0.781. The Hall–Kier alpha value is -2.25. The van der Waals surface area contributed by atoms with Crippen LogP contribution in [0.3, 0.4) is 0 Å². The predicted octanol–water partition coefficient (Wildman–Crippen LogP) is 1.13. The first-order valence-corrected chi connectivity index (χ1v) is 11.6. The minimum atomic E-state index is -3.93. The van der Waals surface area contributed by atoms with Crippen LogP contribution in [0.1, 0.15) is 51.6 Å². The third-order valence-electron chi connectivity index (χ3n) is 4.02. The maximum atomic E-state index is 11.9. The Kier molecular flexibility index (Phi) is 8.34. The first-order chi connectivity index (χ1) is 13.6. The van der Waals surface area contributed by atoms with Crippen molar-refractivity contribution in [3.8, 4) is 0 Å². The number of aryl methyl sites for hydroxylation is 2. The van der Waals surface area contributed by atoms with Gasteiger partial charge in [0.25, 0.3) is 10.0 Å². The number of nitrogens with one attached hydrogen (secondary N) is 1. The molecule has 0 radical (unpaired) electrons. The fourth-order valence-corrected chi connectivity index (χ4v) is 3.76. The Morgan fingerprint density at radius 1 is 1.17 bits per heavy atom. The highest BCUT2D eigenvalue weighted by Gasteiger charge is 2.16. The summed E-state index contributed by atoms with van der Waals surface area (Å²) in [5, 5.41) is 22.7. The number of nitrogens with two attached hydrogens (primary N) is 1. The van der Waals surface area contributed by atoms with Crippen LogP contribution in [-0.4, -0.2) is 45.3 Å². The van der Waals surface area contributed by atoms with Crippen molar-refractivity contribution in [3.05, 3.63) is 11.9 Å². The monoisotopic (exact) mass is 443 g/mol. The Morgan fingerprint density at radius 3 is 2.59 bits per heavy atom. The molecule has 2 heterocycles. The van der Waals surface area contributed by atoms with E-state index >= 15 is 0 Å². The number of aromatic nitrogens is 5. The molecule has 0 unspecified atom stereocenters. The number of Topliss-reactive ketones (excluding diaryl/α,β-unsaturated/α-hetero) is 1. The number of hydrogen-bond donors (Lipinski definition) is 2. The zero-order valence-electron chi connectivity index (χ0n) is 16.4. The largest absolute Gasteiger partial charge is 0.301 e. The lowest BCUT2D eigenvalue weighted by Crippen LogP contribution is -2.11. The van der Waals surface area contributed by atoms with Crippen molar-refractivity contribution in [3.63, 3.8) is 0 Å². The van der Waals surface area contributed by atoms with E-state index in [9.17, 15) is 18.0 Å². The third-order valence-corrected chi connectivity index (χ3v) is 6.17. The number of hydrogen-bond acceptors (Lipinski definition) is 9. The van der Waals surface area contributed by atoms with Gasteiger partial charge in [0.15, 0.2) is 0 Å². The molecule has 2 rings (SSSR count). The van der Waals surface area contributed by atoms with E-state index < -0.39 is 10.0 Å². The fourth-order valence-electron chi connectivity index (χ4n) is 2.41. The number of primary sulfonamides is 1. The van der Waals surface area contributed by atoms with Gasteiger partial charge in [0.2, 0.25) is 15.4 Å². The van der Waals surface area contributed by atoms with Crippen molar-refractivity contribution >= 4 is 38.2 Å². The van der Waals surface area contributed by atoms with Crippen molar-refractivity contribution in [1.29, 1.82) is 0 Å². The van der Waals surface area contributed by atoms with Gasteiger partial charge in [-0.1, -0.05) is 30.4 Å². The van der Waals surface area contributed by atoms with Gasteiger partial charge < -0.3 is 5.32 Å². The first kappa shape index (κ1) is 23.0. The minimum absolute atomic E-state index is 0.0767. The topological polar surface area (TPSA) is 163 Å². The highest BCUT2D eigenvalue weighted by atomic mass is 32.2. The van der Waals surface area contributed by atoms with Gasteiger partial charge in [0.05, 0.1) is 5.69 Å². The number of carbonyl (C=O) groups is 2. The van der Waals surface area contributed by atoms with E-state index in [1.807, 2.05) is 20.0 Å². The molecule has 13 heteroatoms. The molecule has 0 fully saturated rings. The molecule has 0 aliphatic heterocycles. The molecule has 0 spiro atoms. The average molecular weight is 444 g/mol. The molecule has 160 valence electrons. The molecule has 29 heavy (non-hydrogen) atoms. The van der Waals surface area contributed by atoms with Crippen LogP contribution >= 0.6 is 11.3 Å². The van der Waals surface area contributed by atoms with Gasteiger partial charge in [0, 0.05) is 31.5 Å². The molecule has 2 aromatic rings. The highest BCUT2D eigenvalue weighted by molar-refractivity contribution is 7.91. The zero-order chi connectivity index (χ0) is 21.4. The molecule has 11 nitrogen and oxygen atoms in total. The summed E-state index contributed by atoms with van der Waals surface area (Å²) >= 11 is 0.700. The Morgan fingerprint density at radius 2 is 1.93 bits per heavy atom. The predicted molar refractivity (Wildman–Crippen MR) is 107 cm³/mol. The normalized spacial score (nSPS) is 11.7. The quantitative estimate of drug-likeness (QED) is 0.364. The van der Waals surface area contributed by atoms with Crippen LogP contribution in [0.4, 0.5) is 5.13 Å². The van der Waals surface area contributed by atoms with Crippen molar-refractivity contribution in [1.82, 2.24) is 25.2 Å². The van der Waals surface area contributed by atoms with Crippen LogP contribution in [0.25, 0.3) is 0 Å². The van der Waals surface area contributed by atoms with Gasteiger partial charge >= 0.3 is 0 Å². The van der Waals surface area contributed by atoms with E-state index in [0.717, 1.165) is 18.5 Å². The average Bonchev–Trinajstić information content (AvgIpc) is 3.27. The summed E-state index contributed by atoms with van der Waals surface area (Å²) in [6.45, 7) is 4.51. The van der Waals surface area contributed by atoms with Crippen LogP contribution in [0.5, 0.6) is 0 Å². The third kappa shape index (κ3) is 7.95. The van der Waals surface area contributed by atoms with Gasteiger partial charge in [-0.2, -0.15) is 0 Å². The molecule has 3 N–H and O–H groups in total. The van der Waals surface area contributed by atoms with Crippen LogP contribution in [0.15, 0.2) is 10.5 Å². The van der Waals surface area contributed by atoms with Gasteiger partial charge in [-0.25, -0.2) is 13.6 Å². The molecule has 0 bridgehead atoms. The molecule has 2 aromatic heterocycles. The standard InChI is InChI=1S/C16H25N7O4S2/c1-11(2)13(24)7-3-4-9-23-10-12(19-22-23)6-5-8-14(25)18-15-20-21-16(28-15)29(17,26)27/h10-11H,3-9H2,1-2H3,(H2,17,26,27)(H,18,20,25). The van der Waals surface area contributed by atoms with Crippen LogP contribution in [-0.2, 0) is 32.6 Å². The van der Waals surface area contributed by atoms with Gasteiger partial charge in [0.1, 0.15) is 5.78 Å². The number of ketones is 1. The maximum Gasteiger partial charge on any atom is 0.267 e. The van der Waals surface area contributed by atoms with E-state index in [1.54, 1.807) is 4.68 Å². The second kappa shape index (κ2) is 10.5. The molecule has 0 aliphatic carbocycles. The summed E-state index contributed by atoms with van der Waals surface area (Å²) in [4.78, 5) is 23.5. The number of unbranched alkanes of at least 4 members (excludes halogenated alkanes) is 1. The van der Waals surface area contributed by atoms with Crippen molar-refractivity contribution in [2.45, 2.75) is 63.3 Å². The Labute approximate surface area is 173 Å². The number of amides is 1. The van der Waals surface area contributed by atoms with Gasteiger partial charge in [-0.15, -0.1) is 15.3 Å². The summed E-state index contributed by atoms with van der Waals surface area (Å²) in [5.74, 6) is 0.0501. The summed E-state index contributed by atoms with van der Waals surface area (Å²) < 4.78 is 23.7. The van der Waals surface area contributed by atoms with Gasteiger partial charge in [-0.05, 0) is 25.7 Å². The molecular weight excluding hydrogens is 418 g/mol. The Bertz CT molecular complexity index is 937. The number of rotatable bonds is 12. The maximum absolute atomic E-state index is 11.9. The number of nitrogens with zero attached hydrogens (tertiary/aromatic N) is 5.